The van der Waals surface area contributed by atoms with Crippen molar-refractivity contribution in [3.8, 4) is 0 Å². The maximum atomic E-state index is 5.77. The van der Waals surface area contributed by atoms with Gasteiger partial charge in [0.05, 0.1) is 12.2 Å². The van der Waals surface area contributed by atoms with Crippen LogP contribution in [0.15, 0.2) is 0 Å². The molecule has 1 saturated carbocycles. The van der Waals surface area contributed by atoms with E-state index in [1.807, 2.05) is 0 Å². The van der Waals surface area contributed by atoms with Gasteiger partial charge >= 0.3 is 9.28 Å². The standard InChI is InChI=1S/C13H26O4Si/c1-14-18(15-2)8-4-3-7-16-10-11-5-6-12-13(9-11)17-12/h11-13,18H,3-10H2,1-2H3. The van der Waals surface area contributed by atoms with Crippen LogP contribution in [0.3, 0.4) is 0 Å². The summed E-state index contributed by atoms with van der Waals surface area (Å²) in [7, 11) is 2.14. The number of rotatable bonds is 9. The monoisotopic (exact) mass is 274 g/mol. The van der Waals surface area contributed by atoms with Crippen LogP contribution in [-0.4, -0.2) is 48.9 Å². The molecule has 1 aliphatic heterocycles. The van der Waals surface area contributed by atoms with Crippen LogP contribution in [0.4, 0.5) is 0 Å². The Morgan fingerprint density at radius 1 is 1.11 bits per heavy atom. The van der Waals surface area contributed by atoms with Gasteiger partial charge < -0.3 is 18.3 Å². The fraction of sp³-hybridized carbons (Fsp3) is 1.00. The molecule has 18 heavy (non-hydrogen) atoms. The summed E-state index contributed by atoms with van der Waals surface area (Å²) >= 11 is 0. The Morgan fingerprint density at radius 3 is 2.67 bits per heavy atom. The summed E-state index contributed by atoms with van der Waals surface area (Å²) in [6.07, 6.45) is 7.18. The summed E-state index contributed by atoms with van der Waals surface area (Å²) in [5.74, 6) is 0.730. The van der Waals surface area contributed by atoms with Gasteiger partial charge in [0.25, 0.3) is 0 Å². The molecule has 0 N–H and O–H groups in total. The lowest BCUT2D eigenvalue weighted by Gasteiger charge is -2.18. The van der Waals surface area contributed by atoms with Crippen LogP contribution in [0.1, 0.15) is 32.1 Å². The molecular formula is C13H26O4Si. The van der Waals surface area contributed by atoms with Gasteiger partial charge in [-0.25, -0.2) is 0 Å². The lowest BCUT2D eigenvalue weighted by molar-refractivity contribution is 0.0858. The summed E-state index contributed by atoms with van der Waals surface area (Å²) in [6, 6.07) is 1.08. The molecule has 106 valence electrons. The van der Waals surface area contributed by atoms with Gasteiger partial charge in [-0.05, 0) is 44.1 Å². The Labute approximate surface area is 112 Å². The number of unbranched alkanes of at least 4 members (excludes halogenated alkanes) is 1. The highest BCUT2D eigenvalue weighted by atomic mass is 28.3. The predicted octanol–water partition coefficient (Wildman–Crippen LogP) is 1.86. The van der Waals surface area contributed by atoms with Gasteiger partial charge in [-0.3, -0.25) is 0 Å². The van der Waals surface area contributed by atoms with Crippen molar-refractivity contribution in [2.45, 2.75) is 50.4 Å². The van der Waals surface area contributed by atoms with Crippen molar-refractivity contribution < 1.29 is 18.3 Å². The zero-order valence-electron chi connectivity index (χ0n) is 11.6. The Morgan fingerprint density at radius 2 is 1.94 bits per heavy atom. The van der Waals surface area contributed by atoms with Crippen LogP contribution in [0.25, 0.3) is 0 Å². The minimum absolute atomic E-state index is 0.572. The molecule has 0 amide bonds. The summed E-state index contributed by atoms with van der Waals surface area (Å²) in [4.78, 5) is 0. The van der Waals surface area contributed by atoms with E-state index in [2.05, 4.69) is 0 Å². The quantitative estimate of drug-likeness (QED) is 0.365. The van der Waals surface area contributed by atoms with Crippen LogP contribution >= 0.6 is 0 Å². The molecule has 0 bridgehead atoms. The zero-order chi connectivity index (χ0) is 12.8. The molecule has 1 aliphatic carbocycles. The van der Waals surface area contributed by atoms with E-state index in [0.717, 1.165) is 38.0 Å². The molecule has 3 unspecified atom stereocenters. The molecule has 0 aromatic carbocycles. The van der Waals surface area contributed by atoms with Crippen molar-refractivity contribution in [2.75, 3.05) is 27.4 Å². The van der Waals surface area contributed by atoms with E-state index in [-0.39, 0.29) is 0 Å². The van der Waals surface area contributed by atoms with Crippen LogP contribution < -0.4 is 0 Å². The second-order valence-electron chi connectivity index (χ2n) is 5.36. The maximum Gasteiger partial charge on any atom is 0.320 e. The first-order valence-electron chi connectivity index (χ1n) is 7.12. The van der Waals surface area contributed by atoms with E-state index in [1.54, 1.807) is 14.2 Å². The largest absolute Gasteiger partial charge is 0.400 e. The van der Waals surface area contributed by atoms with Gasteiger partial charge in [0.15, 0.2) is 0 Å². The third kappa shape index (κ3) is 4.62. The average molecular weight is 274 g/mol. The Hall–Kier alpha value is 0.0569. The van der Waals surface area contributed by atoms with Gasteiger partial charge in [0, 0.05) is 27.4 Å². The molecule has 2 fully saturated rings. The van der Waals surface area contributed by atoms with Gasteiger partial charge in [-0.15, -0.1) is 0 Å². The smallest absolute Gasteiger partial charge is 0.320 e. The number of ether oxygens (including phenoxy) is 2. The highest BCUT2D eigenvalue weighted by Gasteiger charge is 2.43. The molecular weight excluding hydrogens is 248 g/mol. The lowest BCUT2D eigenvalue weighted by Crippen LogP contribution is -2.19. The second kappa shape index (κ2) is 7.60. The first kappa shape index (κ1) is 14.5. The van der Waals surface area contributed by atoms with Crippen molar-refractivity contribution in [1.82, 2.24) is 0 Å². The molecule has 2 aliphatic rings. The van der Waals surface area contributed by atoms with Gasteiger partial charge in [0.2, 0.25) is 0 Å². The molecule has 0 spiro atoms. The molecule has 1 saturated heterocycles. The Bertz CT molecular complexity index is 235. The van der Waals surface area contributed by atoms with E-state index in [1.165, 1.54) is 19.3 Å². The lowest BCUT2D eigenvalue weighted by atomic mass is 9.90. The molecule has 0 radical (unpaired) electrons. The number of epoxide rings is 1. The first-order chi connectivity index (χ1) is 8.83. The SMILES string of the molecule is CO[SiH](CCCCOCC1CCC2OC2C1)OC. The molecule has 0 aromatic heterocycles. The Balaban J connectivity index is 1.41. The number of hydrogen-bond acceptors (Lipinski definition) is 4. The van der Waals surface area contributed by atoms with E-state index >= 15 is 0 Å². The molecule has 1 heterocycles. The van der Waals surface area contributed by atoms with Crippen LogP contribution in [0.2, 0.25) is 6.04 Å². The third-order valence-corrected chi connectivity index (χ3v) is 5.90. The normalized spacial score (nSPS) is 30.5. The number of hydrogen-bond donors (Lipinski definition) is 0. The highest BCUT2D eigenvalue weighted by Crippen LogP contribution is 2.39. The minimum atomic E-state index is -1.35. The summed E-state index contributed by atoms with van der Waals surface area (Å²) in [5, 5.41) is 0. The number of fused-ring (bicyclic) bond motifs is 1. The van der Waals surface area contributed by atoms with Crippen molar-refractivity contribution in [1.29, 1.82) is 0 Å². The molecule has 0 aromatic rings. The van der Waals surface area contributed by atoms with E-state index in [9.17, 15) is 0 Å². The second-order valence-corrected chi connectivity index (χ2v) is 7.74. The van der Waals surface area contributed by atoms with Crippen molar-refractivity contribution >= 4 is 9.28 Å². The maximum absolute atomic E-state index is 5.77. The average Bonchev–Trinajstić information content (AvgIpc) is 3.16. The summed E-state index contributed by atoms with van der Waals surface area (Å²) < 4.78 is 21.9. The van der Waals surface area contributed by atoms with Crippen molar-refractivity contribution in [3.05, 3.63) is 0 Å². The third-order valence-electron chi connectivity index (χ3n) is 3.97. The molecule has 3 atom stereocenters. The Kier molecular flexibility index (Phi) is 6.11. The molecule has 4 nitrogen and oxygen atoms in total. The zero-order valence-corrected chi connectivity index (χ0v) is 12.8. The summed E-state index contributed by atoms with van der Waals surface area (Å²) in [6.45, 7) is 1.79. The van der Waals surface area contributed by atoms with Crippen LogP contribution in [-0.2, 0) is 18.3 Å². The predicted molar refractivity (Wildman–Crippen MR) is 72.0 cm³/mol. The molecule has 2 rings (SSSR count). The van der Waals surface area contributed by atoms with Gasteiger partial charge in [0.1, 0.15) is 0 Å². The van der Waals surface area contributed by atoms with Crippen molar-refractivity contribution in [3.63, 3.8) is 0 Å². The van der Waals surface area contributed by atoms with E-state index < -0.39 is 9.28 Å². The van der Waals surface area contributed by atoms with Crippen LogP contribution in [0.5, 0.6) is 0 Å². The fourth-order valence-corrected chi connectivity index (χ4v) is 4.02. The van der Waals surface area contributed by atoms with Crippen LogP contribution in [0, 0.1) is 5.92 Å². The van der Waals surface area contributed by atoms with Gasteiger partial charge in [-0.1, -0.05) is 0 Å². The van der Waals surface area contributed by atoms with Crippen molar-refractivity contribution in [2.24, 2.45) is 5.92 Å². The van der Waals surface area contributed by atoms with E-state index in [0.29, 0.717) is 12.2 Å². The fourth-order valence-electron chi connectivity index (χ4n) is 2.74. The van der Waals surface area contributed by atoms with E-state index in [4.69, 9.17) is 18.3 Å². The highest BCUT2D eigenvalue weighted by molar-refractivity contribution is 6.44. The van der Waals surface area contributed by atoms with Gasteiger partial charge in [-0.2, -0.15) is 0 Å². The first-order valence-corrected chi connectivity index (χ1v) is 8.88. The topological polar surface area (TPSA) is 40.2 Å². The summed E-state index contributed by atoms with van der Waals surface area (Å²) in [5.41, 5.74) is 0. The molecule has 5 heteroatoms. The minimum Gasteiger partial charge on any atom is -0.400 e.